The van der Waals surface area contributed by atoms with Crippen LogP contribution in [0.2, 0.25) is 15.1 Å². The first kappa shape index (κ1) is 18.2. The van der Waals surface area contributed by atoms with Crippen LogP contribution in [0.3, 0.4) is 0 Å². The van der Waals surface area contributed by atoms with Gasteiger partial charge < -0.3 is 10.6 Å². The van der Waals surface area contributed by atoms with E-state index in [4.69, 9.17) is 40.1 Å². The van der Waals surface area contributed by atoms with Gasteiger partial charge in [0.1, 0.15) is 11.6 Å². The van der Waals surface area contributed by atoms with Crippen molar-refractivity contribution in [2.75, 3.05) is 5.32 Å². The van der Waals surface area contributed by atoms with Gasteiger partial charge in [-0.25, -0.2) is 0 Å². The van der Waals surface area contributed by atoms with Gasteiger partial charge in [-0.1, -0.05) is 53.0 Å². The third-order valence-corrected chi connectivity index (χ3v) is 3.81. The lowest BCUT2D eigenvalue weighted by Crippen LogP contribution is -2.24. The Balaban J connectivity index is 2.03. The minimum absolute atomic E-state index is 0.0850. The van der Waals surface area contributed by atoms with Gasteiger partial charge in [0.2, 0.25) is 0 Å². The van der Waals surface area contributed by atoms with Crippen LogP contribution in [0, 0.1) is 11.3 Å². The van der Waals surface area contributed by atoms with Gasteiger partial charge in [-0.15, -0.1) is 0 Å². The summed E-state index contributed by atoms with van der Waals surface area (Å²) in [5.41, 5.74) is 1.25. The maximum atomic E-state index is 12.1. The Morgan fingerprint density at radius 1 is 1.12 bits per heavy atom. The van der Waals surface area contributed by atoms with Gasteiger partial charge in [0.25, 0.3) is 5.91 Å². The zero-order chi connectivity index (χ0) is 17.5. The molecule has 0 aliphatic heterocycles. The average molecular weight is 381 g/mol. The van der Waals surface area contributed by atoms with Crippen molar-refractivity contribution < 1.29 is 4.79 Å². The van der Waals surface area contributed by atoms with Crippen LogP contribution in [0.25, 0.3) is 0 Å². The van der Waals surface area contributed by atoms with Crippen LogP contribution in [0.15, 0.2) is 54.2 Å². The number of benzene rings is 2. The summed E-state index contributed by atoms with van der Waals surface area (Å²) in [6.07, 6.45) is 1.30. The second-order valence-corrected chi connectivity index (χ2v) is 6.03. The minimum Gasteiger partial charge on any atom is -0.360 e. The van der Waals surface area contributed by atoms with Gasteiger partial charge in [0.15, 0.2) is 0 Å². The van der Waals surface area contributed by atoms with Crippen LogP contribution in [0.1, 0.15) is 5.56 Å². The Labute approximate surface area is 154 Å². The number of rotatable bonds is 5. The van der Waals surface area contributed by atoms with Gasteiger partial charge in [0.05, 0.1) is 0 Å². The Hall–Kier alpha value is -2.19. The number of hydrogen-bond acceptors (Lipinski definition) is 3. The zero-order valence-electron chi connectivity index (χ0n) is 12.3. The number of carbonyl (C=O) groups excluding carboxylic acids is 1. The monoisotopic (exact) mass is 379 g/mol. The standard InChI is InChI=1S/C17H12Cl3N3O/c18-13-5-14(19)7-15(6-13)22-10-12(8-21)17(24)23-9-11-3-1-2-4-16(11)20/h1-7,10,22H,9H2,(H,23,24)/b12-10-. The topological polar surface area (TPSA) is 64.9 Å². The summed E-state index contributed by atoms with van der Waals surface area (Å²) in [5, 5.41) is 16.0. The van der Waals surface area contributed by atoms with E-state index in [1.807, 2.05) is 12.1 Å². The summed E-state index contributed by atoms with van der Waals surface area (Å²) in [4.78, 5) is 12.1. The van der Waals surface area contributed by atoms with Gasteiger partial charge in [-0.05, 0) is 29.8 Å². The van der Waals surface area contributed by atoms with Gasteiger partial charge in [-0.3, -0.25) is 4.79 Å². The molecule has 2 rings (SSSR count). The molecule has 2 aromatic rings. The summed E-state index contributed by atoms with van der Waals surface area (Å²) >= 11 is 17.8. The van der Waals surface area contributed by atoms with Crippen LogP contribution < -0.4 is 10.6 Å². The number of amides is 1. The number of anilines is 1. The Morgan fingerprint density at radius 3 is 2.42 bits per heavy atom. The Kier molecular flexibility index (Phi) is 6.51. The zero-order valence-corrected chi connectivity index (χ0v) is 14.6. The molecule has 122 valence electrons. The predicted molar refractivity (Wildman–Crippen MR) is 97.1 cm³/mol. The van der Waals surface area contributed by atoms with Crippen molar-refractivity contribution in [1.82, 2.24) is 5.32 Å². The fraction of sp³-hybridized carbons (Fsp3) is 0.0588. The second-order valence-electron chi connectivity index (χ2n) is 4.75. The number of halogens is 3. The molecule has 4 nitrogen and oxygen atoms in total. The minimum atomic E-state index is -0.516. The van der Waals surface area contributed by atoms with Crippen LogP contribution in [-0.2, 0) is 11.3 Å². The molecule has 1 amide bonds. The van der Waals surface area contributed by atoms with Crippen LogP contribution in [-0.4, -0.2) is 5.91 Å². The lowest BCUT2D eigenvalue weighted by Gasteiger charge is -2.07. The van der Waals surface area contributed by atoms with E-state index >= 15 is 0 Å². The molecule has 0 unspecified atom stereocenters. The smallest absolute Gasteiger partial charge is 0.263 e. The average Bonchev–Trinajstić information content (AvgIpc) is 2.53. The highest BCUT2D eigenvalue weighted by Crippen LogP contribution is 2.22. The third kappa shape index (κ3) is 5.17. The normalized spacial score (nSPS) is 10.8. The van der Waals surface area contributed by atoms with E-state index in [-0.39, 0.29) is 12.1 Å². The summed E-state index contributed by atoms with van der Waals surface area (Å²) < 4.78 is 0. The molecule has 2 N–H and O–H groups in total. The lowest BCUT2D eigenvalue weighted by atomic mass is 10.2. The van der Waals surface area contributed by atoms with Crippen molar-refractivity contribution in [3.63, 3.8) is 0 Å². The van der Waals surface area contributed by atoms with E-state index < -0.39 is 5.91 Å². The summed E-state index contributed by atoms with van der Waals surface area (Å²) in [6, 6.07) is 13.8. The van der Waals surface area contributed by atoms with Crippen LogP contribution in [0.4, 0.5) is 5.69 Å². The quantitative estimate of drug-likeness (QED) is 0.579. The Morgan fingerprint density at radius 2 is 1.79 bits per heavy atom. The number of nitrogens with zero attached hydrogens (tertiary/aromatic N) is 1. The lowest BCUT2D eigenvalue weighted by molar-refractivity contribution is -0.117. The van der Waals surface area contributed by atoms with Gasteiger partial charge in [0, 0.05) is 33.5 Å². The van der Waals surface area contributed by atoms with Gasteiger partial charge in [-0.2, -0.15) is 5.26 Å². The van der Waals surface area contributed by atoms with E-state index in [9.17, 15) is 4.79 Å². The number of hydrogen-bond donors (Lipinski definition) is 2. The first-order valence-electron chi connectivity index (χ1n) is 6.84. The fourth-order valence-corrected chi connectivity index (χ4v) is 2.58. The third-order valence-electron chi connectivity index (χ3n) is 3.01. The molecule has 0 spiro atoms. The highest BCUT2D eigenvalue weighted by Gasteiger charge is 2.09. The fourth-order valence-electron chi connectivity index (χ4n) is 1.85. The molecule has 0 fully saturated rings. The van der Waals surface area contributed by atoms with Crippen molar-refractivity contribution in [3.8, 4) is 6.07 Å². The number of carbonyl (C=O) groups is 1. The molecule has 0 saturated carbocycles. The summed E-state index contributed by atoms with van der Waals surface area (Å²) in [7, 11) is 0. The molecule has 0 aliphatic rings. The number of nitriles is 1. The van der Waals surface area contributed by atoms with Crippen molar-refractivity contribution in [1.29, 1.82) is 5.26 Å². The van der Waals surface area contributed by atoms with Crippen molar-refractivity contribution in [2.24, 2.45) is 0 Å². The second kappa shape index (κ2) is 8.60. The highest BCUT2D eigenvalue weighted by atomic mass is 35.5. The SMILES string of the molecule is N#C/C(=C/Nc1cc(Cl)cc(Cl)c1)C(=O)NCc1ccccc1Cl. The molecule has 0 radical (unpaired) electrons. The molecule has 7 heteroatoms. The predicted octanol–water partition coefficient (Wildman–Crippen LogP) is 4.78. The van der Waals surface area contributed by atoms with Crippen molar-refractivity contribution in [2.45, 2.75) is 6.54 Å². The summed E-state index contributed by atoms with van der Waals surface area (Å²) in [5.74, 6) is -0.516. The van der Waals surface area contributed by atoms with E-state index in [2.05, 4.69) is 10.6 Å². The van der Waals surface area contributed by atoms with E-state index in [0.717, 1.165) is 5.56 Å². The van der Waals surface area contributed by atoms with Crippen molar-refractivity contribution in [3.05, 3.63) is 74.9 Å². The molecular formula is C17H12Cl3N3O. The molecule has 0 aromatic heterocycles. The van der Waals surface area contributed by atoms with Crippen LogP contribution in [0.5, 0.6) is 0 Å². The summed E-state index contributed by atoms with van der Waals surface area (Å²) in [6.45, 7) is 0.223. The molecule has 0 heterocycles. The molecule has 2 aromatic carbocycles. The van der Waals surface area contributed by atoms with Crippen molar-refractivity contribution >= 4 is 46.4 Å². The molecule has 0 atom stereocenters. The molecule has 0 bridgehead atoms. The van der Waals surface area contributed by atoms with E-state index in [1.54, 1.807) is 36.4 Å². The van der Waals surface area contributed by atoms with Crippen LogP contribution >= 0.6 is 34.8 Å². The largest absolute Gasteiger partial charge is 0.360 e. The first-order chi connectivity index (χ1) is 11.5. The molecule has 0 saturated heterocycles. The first-order valence-corrected chi connectivity index (χ1v) is 7.97. The maximum absolute atomic E-state index is 12.1. The van der Waals surface area contributed by atoms with Gasteiger partial charge >= 0.3 is 0 Å². The maximum Gasteiger partial charge on any atom is 0.263 e. The molecule has 0 aliphatic carbocycles. The van der Waals surface area contributed by atoms with E-state index in [1.165, 1.54) is 6.20 Å². The molecule has 24 heavy (non-hydrogen) atoms. The molecular weight excluding hydrogens is 369 g/mol. The Bertz CT molecular complexity index is 808. The number of nitrogens with one attached hydrogen (secondary N) is 2. The van der Waals surface area contributed by atoms with E-state index in [0.29, 0.717) is 20.8 Å². The highest BCUT2D eigenvalue weighted by molar-refractivity contribution is 6.35.